The van der Waals surface area contributed by atoms with E-state index in [1.807, 2.05) is 16.9 Å². The monoisotopic (exact) mass is 490 g/mol. The lowest BCUT2D eigenvalue weighted by Crippen LogP contribution is -2.69. The predicted molar refractivity (Wildman–Crippen MR) is 141 cm³/mol. The van der Waals surface area contributed by atoms with Crippen LogP contribution in [-0.4, -0.2) is 58.5 Å². The fourth-order valence-electron chi connectivity index (χ4n) is 9.24. The number of para-hydroxylation sites is 1. The van der Waals surface area contributed by atoms with E-state index < -0.39 is 0 Å². The highest BCUT2D eigenvalue weighted by molar-refractivity contribution is 6.00. The summed E-state index contributed by atoms with van der Waals surface area (Å²) in [6, 6.07) is 18.2. The van der Waals surface area contributed by atoms with E-state index in [4.69, 9.17) is 4.74 Å². The number of nitrogens with zero attached hydrogens (tertiary/aromatic N) is 4. The third kappa shape index (κ3) is 2.44. The third-order valence-corrected chi connectivity index (χ3v) is 10.6. The molecule has 6 heterocycles. The molecule has 6 aliphatic rings. The molecule has 5 aliphatic heterocycles. The van der Waals surface area contributed by atoms with Gasteiger partial charge in [0.15, 0.2) is 0 Å². The van der Waals surface area contributed by atoms with Crippen molar-refractivity contribution in [2.45, 2.75) is 49.8 Å². The second-order valence-electron chi connectivity index (χ2n) is 11.9. The van der Waals surface area contributed by atoms with Gasteiger partial charge in [-0.05, 0) is 67.6 Å². The number of aromatic nitrogens is 2. The van der Waals surface area contributed by atoms with Crippen LogP contribution in [0.15, 0.2) is 66.4 Å². The lowest BCUT2D eigenvalue weighted by Gasteiger charge is -2.58. The molecule has 0 radical (unpaired) electrons. The number of rotatable bonds is 2. The van der Waals surface area contributed by atoms with E-state index in [1.54, 1.807) is 5.57 Å². The summed E-state index contributed by atoms with van der Waals surface area (Å²) in [6.07, 6.45) is 7.06. The van der Waals surface area contributed by atoms with Gasteiger partial charge >= 0.3 is 0 Å². The molecule has 6 nitrogen and oxygen atoms in total. The number of amides is 1. The molecule has 9 rings (SSSR count). The molecule has 186 valence electrons. The third-order valence-electron chi connectivity index (χ3n) is 10.6. The molecular weight excluding hydrogens is 460 g/mol. The standard InChI is InChI=1S/C31H30N4O2/c1-18-8-11-32-35(18)24-5-3-2-4-21(24)19-6-7-25-23(14-19)31-10-12-33-17-20-9-13-37-26-16-28(36)34(25)30(31)29(26)22(20)15-27(31)33/h2-9,11,14,22,26-27,29-30H,10,12-13,15-17H2,1H3/t22?,26-,27?,29?,30-,31+/m0/s1. The van der Waals surface area contributed by atoms with Crippen LogP contribution < -0.4 is 4.90 Å². The highest BCUT2D eigenvalue weighted by Crippen LogP contribution is 2.66. The van der Waals surface area contributed by atoms with Crippen LogP contribution in [0.1, 0.15) is 30.5 Å². The van der Waals surface area contributed by atoms with Gasteiger partial charge in [-0.25, -0.2) is 4.68 Å². The molecular formula is C31H30N4O2. The van der Waals surface area contributed by atoms with Crippen LogP contribution in [0.5, 0.6) is 0 Å². The smallest absolute Gasteiger partial charge is 0.229 e. The average molecular weight is 491 g/mol. The Bertz CT molecular complexity index is 1520. The number of hydrogen-bond acceptors (Lipinski definition) is 4. The van der Waals surface area contributed by atoms with E-state index in [0.29, 0.717) is 30.9 Å². The van der Waals surface area contributed by atoms with Gasteiger partial charge in [0, 0.05) is 47.1 Å². The molecule has 0 N–H and O–H groups in total. The number of ether oxygens (including phenoxy) is 1. The van der Waals surface area contributed by atoms with Gasteiger partial charge in [0.05, 0.1) is 30.9 Å². The van der Waals surface area contributed by atoms with E-state index in [2.05, 4.69) is 70.4 Å². The second kappa shape index (κ2) is 7.00. The molecule has 2 bridgehead atoms. The first kappa shape index (κ1) is 20.8. The number of fused-ring (bicyclic) bond motifs is 2. The van der Waals surface area contributed by atoms with Gasteiger partial charge in [-0.1, -0.05) is 35.9 Å². The number of piperidine rings is 2. The molecule has 3 aromatic rings. The van der Waals surface area contributed by atoms with Crippen molar-refractivity contribution in [2.24, 2.45) is 11.8 Å². The van der Waals surface area contributed by atoms with Gasteiger partial charge in [0.1, 0.15) is 0 Å². The number of carbonyl (C=O) groups is 1. The first-order chi connectivity index (χ1) is 18.1. The Morgan fingerprint density at radius 2 is 2.03 bits per heavy atom. The fourth-order valence-corrected chi connectivity index (χ4v) is 9.24. The Kier molecular flexibility index (Phi) is 3.93. The van der Waals surface area contributed by atoms with Crippen molar-refractivity contribution in [3.8, 4) is 16.8 Å². The maximum atomic E-state index is 13.8. The van der Waals surface area contributed by atoms with Gasteiger partial charge < -0.3 is 9.64 Å². The van der Waals surface area contributed by atoms with Crippen molar-refractivity contribution in [3.63, 3.8) is 0 Å². The molecule has 2 aromatic carbocycles. The first-order valence-corrected chi connectivity index (χ1v) is 13.8. The maximum absolute atomic E-state index is 13.8. The van der Waals surface area contributed by atoms with Crippen LogP contribution in [0.2, 0.25) is 0 Å². The summed E-state index contributed by atoms with van der Waals surface area (Å²) in [5.74, 6) is 1.17. The van der Waals surface area contributed by atoms with Gasteiger partial charge in [0.25, 0.3) is 0 Å². The summed E-state index contributed by atoms with van der Waals surface area (Å²) >= 11 is 0. The highest BCUT2D eigenvalue weighted by Gasteiger charge is 2.71. The molecule has 1 aromatic heterocycles. The lowest BCUT2D eigenvalue weighted by atomic mass is 9.53. The van der Waals surface area contributed by atoms with Crippen LogP contribution >= 0.6 is 0 Å². The van der Waals surface area contributed by atoms with Crippen LogP contribution in [-0.2, 0) is 14.9 Å². The van der Waals surface area contributed by atoms with Gasteiger partial charge in [-0.15, -0.1) is 0 Å². The van der Waals surface area contributed by atoms with E-state index in [1.165, 1.54) is 23.1 Å². The minimum absolute atomic E-state index is 0.0172. The van der Waals surface area contributed by atoms with Crippen LogP contribution in [0.3, 0.4) is 0 Å². The molecule has 1 saturated carbocycles. The second-order valence-corrected chi connectivity index (χ2v) is 11.9. The molecule has 6 heteroatoms. The predicted octanol–water partition coefficient (Wildman–Crippen LogP) is 4.25. The summed E-state index contributed by atoms with van der Waals surface area (Å²) < 4.78 is 8.43. The van der Waals surface area contributed by atoms with Crippen molar-refractivity contribution in [1.29, 1.82) is 0 Å². The van der Waals surface area contributed by atoms with E-state index >= 15 is 0 Å². The Labute approximate surface area is 216 Å². The molecule has 4 fully saturated rings. The number of carbonyl (C=O) groups excluding carboxylic acids is 1. The van der Waals surface area contributed by atoms with Gasteiger partial charge in [-0.2, -0.15) is 5.10 Å². The van der Waals surface area contributed by atoms with Crippen LogP contribution in [0.4, 0.5) is 5.69 Å². The van der Waals surface area contributed by atoms with Crippen LogP contribution in [0, 0.1) is 18.8 Å². The number of hydrogen-bond donors (Lipinski definition) is 0. The average Bonchev–Trinajstić information content (AvgIpc) is 3.57. The van der Waals surface area contributed by atoms with Gasteiger partial charge in [0.2, 0.25) is 5.91 Å². The normalized spacial score (nSPS) is 34.8. The Hall–Kier alpha value is -3.22. The van der Waals surface area contributed by atoms with Crippen LogP contribution in [0.25, 0.3) is 16.8 Å². The summed E-state index contributed by atoms with van der Waals surface area (Å²) in [5, 5.41) is 4.61. The van der Waals surface area contributed by atoms with Crippen molar-refractivity contribution >= 4 is 11.6 Å². The summed E-state index contributed by atoms with van der Waals surface area (Å²) in [7, 11) is 0. The SMILES string of the molecule is Cc1ccnn1-c1ccccc1-c1ccc2c(c1)[C@@]13CCN4CC5=CCO[C@H]6CC(=O)N2[C@H]1C6C5CC43. The number of aryl methyl sites for hydroxylation is 1. The minimum atomic E-state index is -0.0172. The van der Waals surface area contributed by atoms with E-state index in [0.717, 1.165) is 36.6 Å². The topological polar surface area (TPSA) is 50.6 Å². The highest BCUT2D eigenvalue weighted by atomic mass is 16.5. The van der Waals surface area contributed by atoms with E-state index in [-0.39, 0.29) is 23.5 Å². The fraction of sp³-hybridized carbons (Fsp3) is 0.419. The number of benzene rings is 2. The molecule has 1 aliphatic carbocycles. The van der Waals surface area contributed by atoms with Crippen molar-refractivity contribution in [1.82, 2.24) is 14.7 Å². The summed E-state index contributed by atoms with van der Waals surface area (Å²) in [4.78, 5) is 18.7. The Morgan fingerprint density at radius 1 is 1.11 bits per heavy atom. The van der Waals surface area contributed by atoms with Crippen molar-refractivity contribution < 1.29 is 9.53 Å². The molecule has 1 amide bonds. The molecule has 37 heavy (non-hydrogen) atoms. The lowest BCUT2D eigenvalue weighted by molar-refractivity contribution is -0.132. The summed E-state index contributed by atoms with van der Waals surface area (Å²) in [6.45, 7) is 4.93. The zero-order chi connectivity index (χ0) is 24.5. The van der Waals surface area contributed by atoms with Gasteiger partial charge in [-0.3, -0.25) is 9.69 Å². The minimum Gasteiger partial charge on any atom is -0.373 e. The molecule has 6 atom stereocenters. The Balaban J connectivity index is 1.27. The Morgan fingerprint density at radius 3 is 2.92 bits per heavy atom. The maximum Gasteiger partial charge on any atom is 0.229 e. The van der Waals surface area contributed by atoms with E-state index in [9.17, 15) is 4.79 Å². The largest absolute Gasteiger partial charge is 0.373 e. The molecule has 3 saturated heterocycles. The first-order valence-electron chi connectivity index (χ1n) is 13.8. The van der Waals surface area contributed by atoms with Crippen molar-refractivity contribution in [2.75, 3.05) is 24.6 Å². The zero-order valence-electron chi connectivity index (χ0n) is 21.0. The zero-order valence-corrected chi connectivity index (χ0v) is 21.0. The quantitative estimate of drug-likeness (QED) is 0.504. The summed E-state index contributed by atoms with van der Waals surface area (Å²) in [5.41, 5.74) is 8.67. The molecule has 1 spiro atoms. The van der Waals surface area contributed by atoms with Crippen molar-refractivity contribution in [3.05, 3.63) is 77.6 Å². The number of anilines is 1. The molecule has 3 unspecified atom stereocenters.